The Morgan fingerprint density at radius 2 is 0.679 bits per heavy atom. The molecule has 2 saturated carbocycles. The Morgan fingerprint density at radius 3 is 0.821 bits per heavy atom. The minimum absolute atomic E-state index is 0. The van der Waals surface area contributed by atoms with Crippen molar-refractivity contribution in [3.63, 3.8) is 0 Å². The van der Waals surface area contributed by atoms with Gasteiger partial charge in [-0.05, 0) is 65.6 Å². The fourth-order valence-corrected chi connectivity index (χ4v) is 3.45. The molecule has 0 amide bonds. The van der Waals surface area contributed by atoms with Gasteiger partial charge in [-0.15, -0.1) is 11.6 Å². The van der Waals surface area contributed by atoms with Crippen LogP contribution < -0.4 is 0 Å². The molecule has 0 N–H and O–H groups in total. The number of halogens is 1. The van der Waals surface area contributed by atoms with E-state index in [9.17, 15) is 0 Å². The van der Waals surface area contributed by atoms with Crippen molar-refractivity contribution >= 4 is 11.6 Å². The second-order valence-electron chi connectivity index (χ2n) is 7.85. The summed E-state index contributed by atoms with van der Waals surface area (Å²) in [5.41, 5.74) is 0. The summed E-state index contributed by atoms with van der Waals surface area (Å²) in [6, 6.07) is 0. The van der Waals surface area contributed by atoms with Gasteiger partial charge in [0.25, 0.3) is 0 Å². The van der Waals surface area contributed by atoms with Gasteiger partial charge in [-0.1, -0.05) is 82.1 Å². The largest absolute Gasteiger partial charge is 0.343 e. The van der Waals surface area contributed by atoms with E-state index < -0.39 is 0 Å². The van der Waals surface area contributed by atoms with Crippen LogP contribution in [-0.4, -0.2) is 5.88 Å². The molecule has 0 aromatic heterocycles. The van der Waals surface area contributed by atoms with E-state index in [0.29, 0.717) is 0 Å². The van der Waals surface area contributed by atoms with E-state index in [0.717, 1.165) is 18.7 Å². The number of alkyl halides is 1. The van der Waals surface area contributed by atoms with Crippen LogP contribution in [0.15, 0.2) is 0 Å². The van der Waals surface area contributed by atoms with Crippen LogP contribution >= 0.6 is 11.6 Å². The average Bonchev–Trinajstić information content (AvgIpc) is 2.93. The normalized spacial score (nSPS) is 22.7. The molecular formula is C26H42ClY-. The molecule has 0 unspecified atom stereocenters. The zero-order valence-electron chi connectivity index (χ0n) is 20.2. The van der Waals surface area contributed by atoms with Gasteiger partial charge in [-0.25, -0.2) is 0 Å². The summed E-state index contributed by atoms with van der Waals surface area (Å²) in [6.45, 7) is 25.7. The van der Waals surface area contributed by atoms with Gasteiger partial charge in [0, 0.05) is 38.6 Å². The third kappa shape index (κ3) is 9.26. The summed E-state index contributed by atoms with van der Waals surface area (Å²) in [4.78, 5) is 0. The van der Waals surface area contributed by atoms with Crippen molar-refractivity contribution in [1.82, 2.24) is 0 Å². The van der Waals surface area contributed by atoms with Crippen LogP contribution in [0.2, 0.25) is 0 Å². The fraction of sp³-hybridized carbons (Fsp3) is 0.577. The van der Waals surface area contributed by atoms with E-state index in [1.54, 1.807) is 0 Å². The molecule has 2 rings (SSSR count). The van der Waals surface area contributed by atoms with Crippen molar-refractivity contribution in [3.8, 4) is 0 Å². The smallest absolute Gasteiger partial charge is 0.0223 e. The predicted octanol–water partition coefficient (Wildman–Crippen LogP) is 8.56. The molecule has 0 aromatic rings. The van der Waals surface area contributed by atoms with Gasteiger partial charge >= 0.3 is 0 Å². The Kier molecular flexibility index (Phi) is 18.1. The summed E-state index contributed by atoms with van der Waals surface area (Å²) >= 11 is 5.42. The van der Waals surface area contributed by atoms with E-state index in [2.05, 4.69) is 76.2 Å². The Labute approximate surface area is 210 Å². The molecule has 0 aliphatic heterocycles. The van der Waals surface area contributed by atoms with E-state index in [1.807, 2.05) is 0 Å². The zero-order chi connectivity index (χ0) is 21.3. The Bertz CT molecular complexity index is 248. The third-order valence-corrected chi connectivity index (χ3v) is 6.78. The molecule has 2 heteroatoms. The molecule has 28 heavy (non-hydrogen) atoms. The quantitative estimate of drug-likeness (QED) is 0.215. The first-order chi connectivity index (χ1) is 12.5. The van der Waals surface area contributed by atoms with Crippen molar-refractivity contribution in [3.05, 3.63) is 66.1 Å². The van der Waals surface area contributed by atoms with E-state index in [-0.39, 0.29) is 32.7 Å². The molecule has 0 nitrogen and oxygen atoms in total. The van der Waals surface area contributed by atoms with Crippen LogP contribution in [0.5, 0.6) is 0 Å². The maximum atomic E-state index is 5.42. The van der Waals surface area contributed by atoms with Crippen molar-refractivity contribution in [2.75, 3.05) is 5.88 Å². The number of unbranched alkanes of at least 4 members (excludes halogenated alkanes) is 3. The standard InChI is InChI=1S/2C10H15.C6H12Cl.Y/c2*1-6-7(2)9(4)10(5)8(6)3;1-2-3-4-5-6-7;/h2*1-5H3;1-6H2;/q;;-1;. The zero-order valence-corrected chi connectivity index (χ0v) is 23.8. The molecule has 0 saturated heterocycles. The first-order valence-electron chi connectivity index (χ1n) is 10.3. The van der Waals surface area contributed by atoms with E-state index in [1.165, 1.54) is 72.0 Å². The van der Waals surface area contributed by atoms with E-state index in [4.69, 9.17) is 11.6 Å². The van der Waals surface area contributed by atoms with E-state index >= 15 is 0 Å². The second kappa shape index (κ2) is 16.1. The SMILES string of the molecule is C[C]1[C](C)[C](C)[C](C)[C]1C.C[C]1[C](C)[C](C)[C](C)[C]1C.[CH2-]CCCCCCl.[Y]. The summed E-state index contributed by atoms with van der Waals surface area (Å²) in [5, 5.41) is 0. The molecule has 157 valence electrons. The minimum Gasteiger partial charge on any atom is -0.343 e. The van der Waals surface area contributed by atoms with Gasteiger partial charge in [0.2, 0.25) is 0 Å². The second-order valence-corrected chi connectivity index (χ2v) is 8.23. The molecule has 0 heterocycles. The monoisotopic (exact) mass is 478 g/mol. The Balaban J connectivity index is 0. The topological polar surface area (TPSA) is 0 Å². The molecule has 0 bridgehead atoms. The first-order valence-corrected chi connectivity index (χ1v) is 10.8. The maximum absolute atomic E-state index is 5.42. The van der Waals surface area contributed by atoms with Crippen molar-refractivity contribution < 1.29 is 32.7 Å². The van der Waals surface area contributed by atoms with Crippen LogP contribution in [0.1, 0.15) is 94.9 Å². The molecule has 2 fully saturated rings. The van der Waals surface area contributed by atoms with Crippen LogP contribution in [0.4, 0.5) is 0 Å². The minimum atomic E-state index is 0. The molecule has 0 spiro atoms. The third-order valence-electron chi connectivity index (χ3n) is 6.51. The van der Waals surface area contributed by atoms with Crippen LogP contribution in [-0.2, 0) is 32.7 Å². The number of rotatable bonds is 4. The van der Waals surface area contributed by atoms with Gasteiger partial charge in [-0.2, -0.15) is 6.42 Å². The predicted molar refractivity (Wildman–Crippen MR) is 124 cm³/mol. The van der Waals surface area contributed by atoms with Gasteiger partial charge in [-0.3, -0.25) is 0 Å². The number of hydrogen-bond donors (Lipinski definition) is 0. The Morgan fingerprint density at radius 1 is 0.464 bits per heavy atom. The van der Waals surface area contributed by atoms with Gasteiger partial charge < -0.3 is 6.92 Å². The van der Waals surface area contributed by atoms with Crippen LogP contribution in [0, 0.1) is 66.1 Å². The molecule has 11 radical (unpaired) electrons. The van der Waals surface area contributed by atoms with Crippen LogP contribution in [0.25, 0.3) is 0 Å². The summed E-state index contributed by atoms with van der Waals surface area (Å²) in [6.07, 6.45) is 4.67. The molecule has 0 atom stereocenters. The molecule has 0 aromatic carbocycles. The first kappa shape index (κ1) is 31.6. The van der Waals surface area contributed by atoms with Crippen molar-refractivity contribution in [1.29, 1.82) is 0 Å². The van der Waals surface area contributed by atoms with Crippen LogP contribution in [0.3, 0.4) is 0 Å². The fourth-order valence-electron chi connectivity index (χ4n) is 3.26. The van der Waals surface area contributed by atoms with Gasteiger partial charge in [0.15, 0.2) is 0 Å². The molecular weight excluding hydrogens is 437 g/mol. The molecule has 2 aliphatic carbocycles. The molecule has 2 aliphatic rings. The van der Waals surface area contributed by atoms with Crippen molar-refractivity contribution in [2.45, 2.75) is 94.9 Å². The Hall–Kier alpha value is 1.39. The summed E-state index contributed by atoms with van der Waals surface area (Å²) in [7, 11) is 0. The summed E-state index contributed by atoms with van der Waals surface area (Å²) in [5.74, 6) is 15.5. The average molecular weight is 479 g/mol. The van der Waals surface area contributed by atoms with Gasteiger partial charge in [0.1, 0.15) is 0 Å². The van der Waals surface area contributed by atoms with Crippen molar-refractivity contribution in [2.24, 2.45) is 0 Å². The van der Waals surface area contributed by atoms with Gasteiger partial charge in [0.05, 0.1) is 0 Å². The maximum Gasteiger partial charge on any atom is 0.0223 e. The number of hydrogen-bond acceptors (Lipinski definition) is 0. The summed E-state index contributed by atoms with van der Waals surface area (Å²) < 4.78 is 0.